The van der Waals surface area contributed by atoms with Crippen molar-refractivity contribution in [3.63, 3.8) is 0 Å². The lowest BCUT2D eigenvalue weighted by Gasteiger charge is -2.07. The van der Waals surface area contributed by atoms with Crippen molar-refractivity contribution in [2.75, 3.05) is 17.6 Å². The van der Waals surface area contributed by atoms with E-state index in [-0.39, 0.29) is 29.5 Å². The standard InChI is InChI=1S/C13H17N3OS.C11H14N2S.C8H14O2.C3H4N2S.C2H4BrNS/c1-6(2)4-8-5-7(3)9-10(14)11(12(15)17)18-13(9)16-8;1-7(2)4-9-5-8(3)10(6-12)11(14)13-9;1-6(2)4-8(10)5-7(3)9;1-5-2-3(4)6;3-1-2(4)5/h5-6H,4,14H2,1-3H3,(H2,15,17);5,7H,4H2,1-3H3,(H,13,14);6H,4-5H2,1-3H3;2H2,(H2,4,6);1H2,(H2,4,5). The number of anilines is 1. The maximum Gasteiger partial charge on any atom is 0.263 e. The van der Waals surface area contributed by atoms with Gasteiger partial charge in [-0.1, -0.05) is 94.1 Å². The molecular weight excluding hydrogens is 813 g/mol. The fraction of sp³-hybridized carbons (Fsp3) is 0.486. The summed E-state index contributed by atoms with van der Waals surface area (Å²) in [5.74, 6) is 1.04. The molecule has 0 aliphatic rings. The summed E-state index contributed by atoms with van der Waals surface area (Å²) < 4.78 is 0.558. The van der Waals surface area contributed by atoms with Crippen LogP contribution in [-0.2, 0) is 22.4 Å². The normalized spacial score (nSPS) is 9.87. The lowest BCUT2D eigenvalue weighted by molar-refractivity contribution is -0.126. The number of pyridine rings is 2. The number of rotatable bonds is 11. The van der Waals surface area contributed by atoms with Gasteiger partial charge in [0.2, 0.25) is 0 Å². The highest BCUT2D eigenvalue weighted by Gasteiger charge is 2.17. The molecule has 9 N–H and O–H groups in total. The molecule has 1 amide bonds. The van der Waals surface area contributed by atoms with Crippen molar-refractivity contribution in [1.82, 2.24) is 9.97 Å². The quantitative estimate of drug-likeness (QED) is 0.0539. The van der Waals surface area contributed by atoms with E-state index in [0.29, 0.717) is 55.3 Å². The van der Waals surface area contributed by atoms with Gasteiger partial charge in [-0.3, -0.25) is 14.4 Å². The number of alkyl halides is 1. The summed E-state index contributed by atoms with van der Waals surface area (Å²) in [5.41, 5.74) is 26.4. The number of nitrogen functional groups attached to an aromatic ring is 1. The van der Waals surface area contributed by atoms with Crippen LogP contribution in [0.3, 0.4) is 0 Å². The molecule has 53 heavy (non-hydrogen) atoms. The number of nitrogens with zero attached hydrogens (tertiary/aromatic N) is 3. The minimum Gasteiger partial charge on any atom is -0.397 e. The molecule has 0 spiro atoms. The first-order valence-corrected chi connectivity index (χ1v) is 19.7. The van der Waals surface area contributed by atoms with Gasteiger partial charge in [0.1, 0.15) is 32.0 Å². The maximum absolute atomic E-state index is 11.3. The lowest BCUT2D eigenvalue weighted by Crippen LogP contribution is -2.10. The van der Waals surface area contributed by atoms with Gasteiger partial charge >= 0.3 is 0 Å². The Morgan fingerprint density at radius 3 is 1.91 bits per heavy atom. The van der Waals surface area contributed by atoms with Gasteiger partial charge < -0.3 is 32.8 Å². The number of carbonyl (C=O) groups is 3. The number of halogens is 1. The van der Waals surface area contributed by atoms with Crippen molar-refractivity contribution in [2.24, 2.45) is 35.0 Å². The molecule has 0 bridgehead atoms. The van der Waals surface area contributed by atoms with Crippen molar-refractivity contribution < 1.29 is 14.4 Å². The van der Waals surface area contributed by atoms with Crippen molar-refractivity contribution in [2.45, 2.75) is 88.0 Å². The highest BCUT2D eigenvalue weighted by molar-refractivity contribution is 9.09. The number of H-pyrrole nitrogens is 1. The van der Waals surface area contributed by atoms with E-state index in [4.69, 9.17) is 47.0 Å². The average molecular weight is 866 g/mol. The van der Waals surface area contributed by atoms with Gasteiger partial charge in [0.15, 0.2) is 4.99 Å². The summed E-state index contributed by atoms with van der Waals surface area (Å²) >= 11 is 18.2. The number of thiophene rings is 1. The SMILES string of the molecule is CC(=O)CC(=O)CC(C)C.Cc1cc(CC(C)C)[nH]c(=S)c1C#N.Cc1cc(CC(C)C)nc2sc(C(N)=O)c(N)c12.NC(=S)CBr.[C-]#[N+]CC(N)=S. The first kappa shape index (κ1) is 51.4. The van der Waals surface area contributed by atoms with Crippen LogP contribution in [-0.4, -0.2) is 49.3 Å². The maximum atomic E-state index is 11.3. The predicted octanol–water partition coefficient (Wildman–Crippen LogP) is 8.05. The Morgan fingerprint density at radius 2 is 1.55 bits per heavy atom. The smallest absolute Gasteiger partial charge is 0.263 e. The van der Waals surface area contributed by atoms with Gasteiger partial charge in [-0.2, -0.15) is 5.26 Å². The Labute approximate surface area is 342 Å². The Morgan fingerprint density at radius 1 is 1.00 bits per heavy atom. The van der Waals surface area contributed by atoms with Crippen LogP contribution in [0.15, 0.2) is 12.1 Å². The number of Topliss-reactive ketones (excluding diaryl/α,β-unsaturated/α-hetero) is 2. The summed E-state index contributed by atoms with van der Waals surface area (Å²) in [7, 11) is 0. The van der Waals surface area contributed by atoms with E-state index < -0.39 is 5.91 Å². The van der Waals surface area contributed by atoms with Crippen LogP contribution in [0.25, 0.3) is 15.1 Å². The number of nitriles is 1. The second kappa shape index (κ2) is 27.0. The molecule has 0 aliphatic carbocycles. The van der Waals surface area contributed by atoms with Crippen molar-refractivity contribution in [1.29, 1.82) is 5.26 Å². The Hall–Kier alpha value is -3.67. The Balaban J connectivity index is 0. The molecule has 0 radical (unpaired) electrons. The fourth-order valence-corrected chi connectivity index (χ4v) is 5.85. The van der Waals surface area contributed by atoms with Gasteiger partial charge in [-0.05, 0) is 74.6 Å². The molecule has 3 rings (SSSR count). The molecule has 3 aromatic heterocycles. The second-order valence-electron chi connectivity index (χ2n) is 13.2. The second-order valence-corrected chi connectivity index (χ2v) is 16.2. The van der Waals surface area contributed by atoms with Crippen LogP contribution < -0.4 is 22.9 Å². The predicted molar refractivity (Wildman–Crippen MR) is 234 cm³/mol. The summed E-state index contributed by atoms with van der Waals surface area (Å²) in [4.78, 5) is 45.1. The van der Waals surface area contributed by atoms with Crippen LogP contribution in [0.4, 0.5) is 5.69 Å². The summed E-state index contributed by atoms with van der Waals surface area (Å²) in [6, 6.07) is 6.15. The van der Waals surface area contributed by atoms with E-state index in [2.05, 4.69) is 88.9 Å². The van der Waals surface area contributed by atoms with Crippen LogP contribution in [0.1, 0.15) is 99.1 Å². The number of nitrogens with one attached hydrogen (secondary N) is 1. The van der Waals surface area contributed by atoms with Gasteiger partial charge in [-0.25, -0.2) is 11.6 Å². The van der Waals surface area contributed by atoms with E-state index in [9.17, 15) is 14.4 Å². The van der Waals surface area contributed by atoms with E-state index in [1.54, 1.807) is 0 Å². The monoisotopic (exact) mass is 864 g/mol. The largest absolute Gasteiger partial charge is 0.397 e. The zero-order valence-corrected chi connectivity index (χ0v) is 36.9. The number of aromatic amines is 1. The van der Waals surface area contributed by atoms with Crippen LogP contribution in [0, 0.1) is 54.1 Å². The van der Waals surface area contributed by atoms with Gasteiger partial charge in [-0.15, -0.1) is 11.3 Å². The number of amides is 1. The lowest BCUT2D eigenvalue weighted by atomic mass is 10.0. The molecule has 0 fully saturated rings. The van der Waals surface area contributed by atoms with Crippen molar-refractivity contribution in [3.8, 4) is 6.07 Å². The number of nitrogens with two attached hydrogens (primary N) is 4. The van der Waals surface area contributed by atoms with E-state index >= 15 is 0 Å². The zero-order chi connectivity index (χ0) is 41.6. The third-order valence-corrected chi connectivity index (χ3v) is 8.93. The van der Waals surface area contributed by atoms with E-state index in [1.165, 1.54) is 18.3 Å². The number of ketones is 2. The molecule has 0 aliphatic heterocycles. The molecule has 0 aromatic carbocycles. The molecular formula is C37H53BrN8O3S4. The average Bonchev–Trinajstić information content (AvgIpc) is 3.33. The molecule has 11 nitrogen and oxygen atoms in total. The molecule has 290 valence electrons. The fourth-order valence-electron chi connectivity index (χ4n) is 4.41. The molecule has 16 heteroatoms. The first-order chi connectivity index (χ1) is 24.5. The number of hydrogen-bond acceptors (Lipinski definition) is 10. The Kier molecular flexibility index (Phi) is 26.2. The molecule has 0 saturated carbocycles. The molecule has 3 aromatic rings. The van der Waals surface area contributed by atoms with E-state index in [1.807, 2.05) is 39.8 Å². The van der Waals surface area contributed by atoms with E-state index in [0.717, 1.165) is 45.6 Å². The number of fused-ring (bicyclic) bond motifs is 1. The number of aryl methyl sites for hydroxylation is 2. The van der Waals surface area contributed by atoms with Crippen LogP contribution in [0.5, 0.6) is 0 Å². The zero-order valence-electron chi connectivity index (χ0n) is 32.0. The van der Waals surface area contributed by atoms with Gasteiger partial charge in [0.25, 0.3) is 12.5 Å². The summed E-state index contributed by atoms with van der Waals surface area (Å²) in [6.07, 6.45) is 2.52. The minimum atomic E-state index is -0.486. The third kappa shape index (κ3) is 22.9. The molecule has 0 saturated heterocycles. The van der Waals surface area contributed by atoms with Crippen molar-refractivity contribution >= 4 is 107 Å². The minimum absolute atomic E-state index is 0.0364. The molecule has 0 atom stereocenters. The highest BCUT2D eigenvalue weighted by atomic mass is 79.9. The summed E-state index contributed by atoms with van der Waals surface area (Å²) in [5, 5.41) is 10.3. The number of aromatic nitrogens is 2. The number of carbonyl (C=O) groups excluding carboxylic acids is 3. The molecule has 3 heterocycles. The first-order valence-electron chi connectivity index (χ1n) is 16.6. The molecule has 0 unspecified atom stereocenters. The number of thiocarbonyl (C=S) groups is 2. The van der Waals surface area contributed by atoms with Gasteiger partial charge in [0, 0.05) is 23.2 Å². The topological polar surface area (TPSA) is 212 Å². The third-order valence-electron chi connectivity index (χ3n) is 6.27. The number of hydrogen-bond donors (Lipinski definition) is 5. The van der Waals surface area contributed by atoms with Crippen LogP contribution >= 0.6 is 63.9 Å². The van der Waals surface area contributed by atoms with Crippen LogP contribution in [0.2, 0.25) is 0 Å². The van der Waals surface area contributed by atoms with Gasteiger partial charge in [0.05, 0.1) is 28.0 Å². The number of primary amides is 1. The highest BCUT2D eigenvalue weighted by Crippen LogP contribution is 2.35. The Bertz CT molecular complexity index is 1860. The van der Waals surface area contributed by atoms with Crippen molar-refractivity contribution in [3.05, 3.63) is 61.1 Å². The summed E-state index contributed by atoms with van der Waals surface area (Å²) in [6.45, 7) is 24.3.